The predicted octanol–water partition coefficient (Wildman–Crippen LogP) is 0.379. The van der Waals surface area contributed by atoms with E-state index < -0.39 is 7.75 Å². The van der Waals surface area contributed by atoms with Crippen LogP contribution in [-0.2, 0) is 23.1 Å². The highest BCUT2D eigenvalue weighted by atomic mass is 31.2. The first-order valence-corrected chi connectivity index (χ1v) is 5.39. The molecule has 0 aromatic rings. The van der Waals surface area contributed by atoms with Crippen LogP contribution < -0.4 is 5.50 Å². The van der Waals surface area contributed by atoms with Crippen LogP contribution in [0.3, 0.4) is 0 Å². The Bertz CT molecular complexity index is 151. The third-order valence-electron chi connectivity index (χ3n) is 1.12. The van der Waals surface area contributed by atoms with Crippen LogP contribution in [0.5, 0.6) is 0 Å². The van der Waals surface area contributed by atoms with Gasteiger partial charge in [0.15, 0.2) is 0 Å². The lowest BCUT2D eigenvalue weighted by atomic mass is 10.8. The van der Waals surface area contributed by atoms with E-state index in [4.69, 9.17) is 14.6 Å². The van der Waals surface area contributed by atoms with Crippen molar-refractivity contribution in [1.82, 2.24) is 0 Å². The molecule has 0 radical (unpaired) electrons. The SMILES string of the molecule is COCCOP(N)(=O)OCCOC. The molecule has 0 aliphatic carbocycles. The van der Waals surface area contributed by atoms with E-state index in [0.717, 1.165) is 0 Å². The number of rotatable bonds is 8. The van der Waals surface area contributed by atoms with Crippen molar-refractivity contribution in [3.05, 3.63) is 0 Å². The van der Waals surface area contributed by atoms with Crippen molar-refractivity contribution in [2.45, 2.75) is 0 Å². The quantitative estimate of drug-likeness (QED) is 0.463. The largest absolute Gasteiger partial charge is 0.403 e. The summed E-state index contributed by atoms with van der Waals surface area (Å²) in [6, 6.07) is 0. The van der Waals surface area contributed by atoms with Crippen LogP contribution >= 0.6 is 7.75 Å². The molecule has 0 heterocycles. The summed E-state index contributed by atoms with van der Waals surface area (Å²) in [7, 11) is -0.391. The van der Waals surface area contributed by atoms with Gasteiger partial charge >= 0.3 is 7.75 Å². The monoisotopic (exact) mass is 213 g/mol. The molecule has 0 atom stereocenters. The lowest BCUT2D eigenvalue weighted by molar-refractivity contribution is 0.107. The summed E-state index contributed by atoms with van der Waals surface area (Å²) in [6.45, 7) is 0.957. The summed E-state index contributed by atoms with van der Waals surface area (Å²) in [5.41, 5.74) is 5.20. The zero-order valence-corrected chi connectivity index (χ0v) is 8.79. The minimum absolute atomic E-state index is 0.150. The molecule has 0 aliphatic rings. The molecule has 0 rings (SSSR count). The van der Waals surface area contributed by atoms with Crippen molar-refractivity contribution in [3.63, 3.8) is 0 Å². The summed E-state index contributed by atoms with van der Waals surface area (Å²) < 4.78 is 30.0. The molecule has 6 nitrogen and oxygen atoms in total. The normalized spacial score (nSPS) is 11.9. The average Bonchev–Trinajstić information content (AvgIpc) is 2.05. The fourth-order valence-corrected chi connectivity index (χ4v) is 1.27. The van der Waals surface area contributed by atoms with Crippen molar-refractivity contribution in [2.75, 3.05) is 40.6 Å². The first-order chi connectivity index (χ1) is 6.12. The minimum atomic E-state index is -3.41. The molecular weight excluding hydrogens is 197 g/mol. The van der Waals surface area contributed by atoms with Gasteiger partial charge in [0.1, 0.15) is 0 Å². The predicted molar refractivity (Wildman–Crippen MR) is 47.4 cm³/mol. The smallest absolute Gasteiger partial charge is 0.382 e. The molecule has 80 valence electrons. The Morgan fingerprint density at radius 2 is 1.38 bits per heavy atom. The van der Waals surface area contributed by atoms with Crippen LogP contribution in [0.25, 0.3) is 0 Å². The van der Waals surface area contributed by atoms with Gasteiger partial charge in [-0.2, -0.15) is 0 Å². The van der Waals surface area contributed by atoms with E-state index >= 15 is 0 Å². The maximum absolute atomic E-state index is 11.2. The summed E-state index contributed by atoms with van der Waals surface area (Å²) in [4.78, 5) is 0. The van der Waals surface area contributed by atoms with Crippen LogP contribution in [0.4, 0.5) is 0 Å². The van der Waals surface area contributed by atoms with Crippen LogP contribution in [0.2, 0.25) is 0 Å². The van der Waals surface area contributed by atoms with Crippen LogP contribution in [0.15, 0.2) is 0 Å². The van der Waals surface area contributed by atoms with Crippen molar-refractivity contribution >= 4 is 7.75 Å². The second-order valence-electron chi connectivity index (χ2n) is 2.19. The lowest BCUT2D eigenvalue weighted by Crippen LogP contribution is -2.10. The minimum Gasteiger partial charge on any atom is -0.382 e. The van der Waals surface area contributed by atoms with E-state index in [1.54, 1.807) is 0 Å². The molecule has 0 bridgehead atoms. The van der Waals surface area contributed by atoms with Gasteiger partial charge < -0.3 is 9.47 Å². The van der Waals surface area contributed by atoms with Crippen molar-refractivity contribution in [2.24, 2.45) is 5.50 Å². The van der Waals surface area contributed by atoms with Gasteiger partial charge in [0.05, 0.1) is 26.4 Å². The number of hydrogen-bond acceptors (Lipinski definition) is 5. The van der Waals surface area contributed by atoms with Crippen LogP contribution in [0.1, 0.15) is 0 Å². The van der Waals surface area contributed by atoms with Gasteiger partial charge in [-0.25, -0.2) is 10.1 Å². The summed E-state index contributed by atoms with van der Waals surface area (Å²) in [5.74, 6) is 0. The van der Waals surface area contributed by atoms with Crippen molar-refractivity contribution in [3.8, 4) is 0 Å². The number of methoxy groups -OCH3 is 2. The Morgan fingerprint density at radius 1 is 1.00 bits per heavy atom. The fraction of sp³-hybridized carbons (Fsp3) is 1.00. The maximum Gasteiger partial charge on any atom is 0.403 e. The average molecular weight is 213 g/mol. The Kier molecular flexibility index (Phi) is 7.45. The molecule has 13 heavy (non-hydrogen) atoms. The molecule has 0 aromatic heterocycles. The van der Waals surface area contributed by atoms with Crippen LogP contribution in [0, 0.1) is 0 Å². The zero-order valence-electron chi connectivity index (χ0n) is 7.89. The Hall–Kier alpha value is 0.0300. The molecule has 0 aromatic carbocycles. The third-order valence-corrected chi connectivity index (χ3v) is 2.20. The molecule has 0 amide bonds. The van der Waals surface area contributed by atoms with Crippen molar-refractivity contribution < 1.29 is 23.1 Å². The third kappa shape index (κ3) is 8.36. The van der Waals surface area contributed by atoms with E-state index in [-0.39, 0.29) is 13.2 Å². The van der Waals surface area contributed by atoms with E-state index in [1.165, 1.54) is 14.2 Å². The molecule has 0 fully saturated rings. The van der Waals surface area contributed by atoms with E-state index in [2.05, 4.69) is 9.47 Å². The summed E-state index contributed by atoms with van der Waals surface area (Å²) >= 11 is 0. The highest BCUT2D eigenvalue weighted by molar-refractivity contribution is 7.51. The second kappa shape index (κ2) is 7.44. The van der Waals surface area contributed by atoms with Gasteiger partial charge in [0.25, 0.3) is 0 Å². The molecule has 0 spiro atoms. The lowest BCUT2D eigenvalue weighted by Gasteiger charge is -2.12. The van der Waals surface area contributed by atoms with Crippen molar-refractivity contribution in [1.29, 1.82) is 0 Å². The topological polar surface area (TPSA) is 80.0 Å². The Morgan fingerprint density at radius 3 is 1.69 bits per heavy atom. The van der Waals surface area contributed by atoms with E-state index in [0.29, 0.717) is 13.2 Å². The van der Waals surface area contributed by atoms with Crippen LogP contribution in [-0.4, -0.2) is 40.6 Å². The second-order valence-corrected chi connectivity index (χ2v) is 3.79. The van der Waals surface area contributed by atoms with Gasteiger partial charge in [0.2, 0.25) is 0 Å². The molecule has 7 heteroatoms. The number of ether oxygens (including phenoxy) is 2. The fourth-order valence-electron chi connectivity index (χ4n) is 0.533. The van der Waals surface area contributed by atoms with E-state index in [1.807, 2.05) is 0 Å². The molecule has 2 N–H and O–H groups in total. The molecular formula is C6H16NO5P. The zero-order chi connectivity index (χ0) is 10.2. The van der Waals surface area contributed by atoms with Gasteiger partial charge in [0, 0.05) is 14.2 Å². The highest BCUT2D eigenvalue weighted by Gasteiger charge is 2.17. The maximum atomic E-state index is 11.2. The first kappa shape index (κ1) is 13.0. The summed E-state index contributed by atoms with van der Waals surface area (Å²) in [5, 5.41) is 0. The van der Waals surface area contributed by atoms with Gasteiger partial charge in [-0.3, -0.25) is 9.05 Å². The van der Waals surface area contributed by atoms with Gasteiger partial charge in [-0.15, -0.1) is 0 Å². The highest BCUT2D eigenvalue weighted by Crippen LogP contribution is 2.38. The number of hydrogen-bond donors (Lipinski definition) is 1. The molecule has 0 unspecified atom stereocenters. The first-order valence-electron chi connectivity index (χ1n) is 3.78. The Labute approximate surface area is 77.9 Å². The van der Waals surface area contributed by atoms with Gasteiger partial charge in [-0.05, 0) is 0 Å². The Balaban J connectivity index is 3.49. The summed E-state index contributed by atoms with van der Waals surface area (Å²) in [6.07, 6.45) is 0. The van der Waals surface area contributed by atoms with E-state index in [9.17, 15) is 4.57 Å². The molecule has 0 saturated carbocycles. The van der Waals surface area contributed by atoms with Gasteiger partial charge in [-0.1, -0.05) is 0 Å². The molecule has 0 aliphatic heterocycles. The standard InChI is InChI=1S/C6H16NO5P/c1-9-3-5-11-13(7,8)12-6-4-10-2/h3-6H2,1-2H3,(H2,7,8). The number of nitrogens with two attached hydrogens (primary N) is 1. The molecule has 0 saturated heterocycles.